The van der Waals surface area contributed by atoms with Gasteiger partial charge in [0, 0.05) is 43.9 Å². The van der Waals surface area contributed by atoms with E-state index in [9.17, 15) is 5.11 Å². The van der Waals surface area contributed by atoms with Crippen LogP contribution < -0.4 is 5.32 Å². The Balaban J connectivity index is 1.30. The molecule has 7 nitrogen and oxygen atoms in total. The Morgan fingerprint density at radius 2 is 2.19 bits per heavy atom. The van der Waals surface area contributed by atoms with Crippen LogP contribution in [-0.2, 0) is 13.1 Å². The molecule has 1 saturated carbocycles. The van der Waals surface area contributed by atoms with Gasteiger partial charge in [-0.15, -0.1) is 0 Å². The summed E-state index contributed by atoms with van der Waals surface area (Å²) in [6.07, 6.45) is 12.0. The second-order valence-corrected chi connectivity index (χ2v) is 7.20. The fourth-order valence-corrected chi connectivity index (χ4v) is 3.66. The molecule has 3 heterocycles. The molecule has 1 aliphatic rings. The summed E-state index contributed by atoms with van der Waals surface area (Å²) in [6, 6.07) is 4.09. The van der Waals surface area contributed by atoms with Crippen molar-refractivity contribution in [2.75, 3.05) is 0 Å². The molecular formula is C18H21ClN6O. The van der Waals surface area contributed by atoms with Gasteiger partial charge in [-0.05, 0) is 30.4 Å². The highest BCUT2D eigenvalue weighted by Gasteiger charge is 2.32. The quantitative estimate of drug-likeness (QED) is 0.692. The zero-order valence-electron chi connectivity index (χ0n) is 14.2. The first-order valence-electron chi connectivity index (χ1n) is 8.70. The van der Waals surface area contributed by atoms with Crippen LogP contribution in [0.15, 0.2) is 49.4 Å². The Bertz CT molecular complexity index is 832. The molecule has 0 bridgehead atoms. The molecule has 3 aromatic heterocycles. The van der Waals surface area contributed by atoms with Crippen molar-refractivity contribution in [2.45, 2.75) is 38.1 Å². The van der Waals surface area contributed by atoms with Crippen molar-refractivity contribution in [3.8, 4) is 5.82 Å². The van der Waals surface area contributed by atoms with Gasteiger partial charge in [-0.1, -0.05) is 17.7 Å². The number of rotatable bonds is 6. The topological polar surface area (TPSA) is 80.8 Å². The number of aliphatic hydroxyl groups is 1. The van der Waals surface area contributed by atoms with Crippen LogP contribution in [-0.4, -0.2) is 41.6 Å². The molecule has 0 aromatic carbocycles. The number of pyridine rings is 1. The Kier molecular flexibility index (Phi) is 5.01. The number of hydrogen-bond donors (Lipinski definition) is 2. The van der Waals surface area contributed by atoms with E-state index in [-0.39, 0.29) is 12.1 Å². The Labute approximate surface area is 156 Å². The Morgan fingerprint density at radius 1 is 1.27 bits per heavy atom. The molecule has 2 N–H and O–H groups in total. The van der Waals surface area contributed by atoms with Crippen LogP contribution >= 0.6 is 11.6 Å². The van der Waals surface area contributed by atoms with E-state index in [1.165, 1.54) is 0 Å². The van der Waals surface area contributed by atoms with Crippen molar-refractivity contribution in [1.82, 2.24) is 29.6 Å². The van der Waals surface area contributed by atoms with E-state index in [2.05, 4.69) is 20.4 Å². The standard InChI is InChI=1S/C18H21ClN6O/c19-15-9-23-25(11-15)10-14-5-16(17(26)6-14)21-7-13-1-2-18(22-8-13)24-4-3-20-12-24/h1-4,8-9,11-12,14,16-17,21,26H,5-7,10H2/t14?,16-,17-/m1/s1. The first kappa shape index (κ1) is 17.2. The molecule has 8 heteroatoms. The summed E-state index contributed by atoms with van der Waals surface area (Å²) in [5, 5.41) is 18.7. The molecule has 0 radical (unpaired) electrons. The second kappa shape index (κ2) is 7.57. The van der Waals surface area contributed by atoms with Crippen LogP contribution in [0.1, 0.15) is 18.4 Å². The minimum atomic E-state index is -0.343. The molecule has 1 unspecified atom stereocenters. The minimum absolute atomic E-state index is 0.0827. The molecule has 26 heavy (non-hydrogen) atoms. The molecule has 0 saturated heterocycles. The number of aromatic nitrogens is 5. The fourth-order valence-electron chi connectivity index (χ4n) is 3.51. The van der Waals surface area contributed by atoms with Gasteiger partial charge in [-0.3, -0.25) is 9.25 Å². The van der Waals surface area contributed by atoms with E-state index < -0.39 is 0 Å². The summed E-state index contributed by atoms with van der Waals surface area (Å²) in [5.41, 5.74) is 1.09. The van der Waals surface area contributed by atoms with E-state index in [0.717, 1.165) is 30.8 Å². The highest BCUT2D eigenvalue weighted by molar-refractivity contribution is 6.30. The summed E-state index contributed by atoms with van der Waals surface area (Å²) in [7, 11) is 0. The lowest BCUT2D eigenvalue weighted by Gasteiger charge is -2.16. The third-order valence-electron chi connectivity index (χ3n) is 4.82. The van der Waals surface area contributed by atoms with Gasteiger partial charge in [0.15, 0.2) is 0 Å². The maximum atomic E-state index is 10.3. The van der Waals surface area contributed by atoms with Crippen LogP contribution in [0.3, 0.4) is 0 Å². The molecule has 4 rings (SSSR count). The van der Waals surface area contributed by atoms with Gasteiger partial charge in [0.2, 0.25) is 0 Å². The Morgan fingerprint density at radius 3 is 2.88 bits per heavy atom. The van der Waals surface area contributed by atoms with E-state index >= 15 is 0 Å². The van der Waals surface area contributed by atoms with Crippen molar-refractivity contribution < 1.29 is 5.11 Å². The minimum Gasteiger partial charge on any atom is -0.391 e. The maximum Gasteiger partial charge on any atom is 0.137 e. The predicted octanol–water partition coefficient (Wildman–Crippen LogP) is 2.05. The number of imidazole rings is 1. The van der Waals surface area contributed by atoms with Crippen LogP contribution in [0.5, 0.6) is 0 Å². The molecule has 0 amide bonds. The lowest BCUT2D eigenvalue weighted by Crippen LogP contribution is -2.35. The van der Waals surface area contributed by atoms with Crippen LogP contribution in [0, 0.1) is 5.92 Å². The highest BCUT2D eigenvalue weighted by atomic mass is 35.5. The molecular weight excluding hydrogens is 352 g/mol. The number of aliphatic hydroxyl groups excluding tert-OH is 1. The van der Waals surface area contributed by atoms with E-state index in [4.69, 9.17) is 11.6 Å². The summed E-state index contributed by atoms with van der Waals surface area (Å²) in [4.78, 5) is 8.48. The Hall–Kier alpha value is -2.22. The predicted molar refractivity (Wildman–Crippen MR) is 98.0 cm³/mol. The highest BCUT2D eigenvalue weighted by Crippen LogP contribution is 2.28. The zero-order valence-corrected chi connectivity index (χ0v) is 15.0. The van der Waals surface area contributed by atoms with Crippen LogP contribution in [0.4, 0.5) is 0 Å². The van der Waals surface area contributed by atoms with Gasteiger partial charge in [-0.2, -0.15) is 5.10 Å². The van der Waals surface area contributed by atoms with Gasteiger partial charge >= 0.3 is 0 Å². The first-order valence-corrected chi connectivity index (χ1v) is 9.08. The number of hydrogen-bond acceptors (Lipinski definition) is 5. The third-order valence-corrected chi connectivity index (χ3v) is 5.02. The molecule has 0 spiro atoms. The molecule has 1 fully saturated rings. The van der Waals surface area contributed by atoms with Crippen LogP contribution in [0.25, 0.3) is 5.82 Å². The molecule has 3 aromatic rings. The summed E-state index contributed by atoms with van der Waals surface area (Å²) in [5.74, 6) is 1.23. The second-order valence-electron chi connectivity index (χ2n) is 6.77. The van der Waals surface area contributed by atoms with Gasteiger partial charge < -0.3 is 10.4 Å². The smallest absolute Gasteiger partial charge is 0.137 e. The maximum absolute atomic E-state index is 10.3. The van der Waals surface area contributed by atoms with E-state index in [0.29, 0.717) is 17.5 Å². The van der Waals surface area contributed by atoms with E-state index in [1.54, 1.807) is 18.7 Å². The lowest BCUT2D eigenvalue weighted by molar-refractivity contribution is 0.145. The van der Waals surface area contributed by atoms with Gasteiger partial charge in [0.25, 0.3) is 0 Å². The molecule has 1 aliphatic carbocycles. The largest absolute Gasteiger partial charge is 0.391 e. The average Bonchev–Trinajstić information content (AvgIpc) is 3.36. The normalized spacial score (nSPS) is 22.8. The molecule has 0 aliphatic heterocycles. The van der Waals surface area contributed by atoms with Crippen LogP contribution in [0.2, 0.25) is 5.02 Å². The summed E-state index contributed by atoms with van der Waals surface area (Å²) in [6.45, 7) is 1.46. The average molecular weight is 373 g/mol. The van der Waals surface area contributed by atoms with Gasteiger partial charge in [0.05, 0.1) is 17.3 Å². The van der Waals surface area contributed by atoms with Gasteiger partial charge in [0.1, 0.15) is 12.1 Å². The fraction of sp³-hybridized carbons (Fsp3) is 0.389. The molecule has 3 atom stereocenters. The monoisotopic (exact) mass is 372 g/mol. The SMILES string of the molecule is O[C@@H]1CC(Cn2cc(Cl)cn2)C[C@H]1NCc1ccc(-n2ccnc2)nc1. The first-order chi connectivity index (χ1) is 12.7. The zero-order chi connectivity index (χ0) is 17.9. The van der Waals surface area contributed by atoms with Gasteiger partial charge in [-0.25, -0.2) is 9.97 Å². The number of halogens is 1. The van der Waals surface area contributed by atoms with E-state index in [1.807, 2.05) is 40.0 Å². The number of nitrogens with one attached hydrogen (secondary N) is 1. The lowest BCUT2D eigenvalue weighted by atomic mass is 10.1. The van der Waals surface area contributed by atoms with Crippen molar-refractivity contribution in [1.29, 1.82) is 0 Å². The summed E-state index contributed by atoms with van der Waals surface area (Å²) >= 11 is 5.91. The summed E-state index contributed by atoms with van der Waals surface area (Å²) < 4.78 is 3.71. The van der Waals surface area contributed by atoms with Crippen molar-refractivity contribution in [2.24, 2.45) is 5.92 Å². The van der Waals surface area contributed by atoms with Crippen molar-refractivity contribution in [3.05, 3.63) is 60.0 Å². The number of nitrogens with zero attached hydrogens (tertiary/aromatic N) is 5. The van der Waals surface area contributed by atoms with Crippen molar-refractivity contribution >= 4 is 11.6 Å². The molecule has 136 valence electrons. The third kappa shape index (κ3) is 3.95. The van der Waals surface area contributed by atoms with Crippen molar-refractivity contribution in [3.63, 3.8) is 0 Å².